The lowest BCUT2D eigenvalue weighted by Gasteiger charge is -2.23. The number of esters is 11. The summed E-state index contributed by atoms with van der Waals surface area (Å²) in [5, 5.41) is 2.62. The summed E-state index contributed by atoms with van der Waals surface area (Å²) in [5.41, 5.74) is -1.74. The van der Waals surface area contributed by atoms with Gasteiger partial charge < -0.3 is 81.1 Å². The van der Waals surface area contributed by atoms with Crippen molar-refractivity contribution >= 4 is 89.1 Å². The van der Waals surface area contributed by atoms with Crippen molar-refractivity contribution in [3.05, 3.63) is 30.3 Å². The van der Waals surface area contributed by atoms with Crippen molar-refractivity contribution in [3.63, 3.8) is 0 Å². The standard InChI is InChI=1S/C13H24O5.C12H13NO2.3C10H20O3.C9H16O3.C8H16O2.C7H15NO.2C7H14O2.C6H8O3.C5H12O.9H2/c1-6-7-8-17-11(4)18-13(15)10(3)9(2)12(14)16-5;1-8-9(2)12(15)13(11(8)14)10-6-4-3-5-7-10;3*1-6-10(4,5)9(11)13-8(3)12-7-2;1-4-9(2,3)8(10)12-6-7-5-11-7;1-5-8(3,4)7(9)10-6-2;1-5-7(2,3)6(9)8-4;1-5-7(2,3)6(8)9-4;1-4-6(3)7(8)9-5-2;1-3-4(2)6(8)9-5(3)7;1-4-5(2)6-3;;;;;;;;;/h9-11H,6-8H2,1-5H3;3-9H,1-2H3;3*8H,6-7H2,1-5H3;7H,4-6H2,1-3H3;5-6H2,1-4H3;5H2,1-4H3,(H,8,9);5H2,1-4H3;6H,4-5H2,1-3H3;3-4H,1-2H3;5H,4H2,1-3H3;9*1H. The highest BCUT2D eigenvalue weighted by atomic mass is 16.7. The van der Waals surface area contributed by atoms with Gasteiger partial charge in [0.2, 0.25) is 17.7 Å². The third-order valence-corrected chi connectivity index (χ3v) is 23.4. The zero-order valence-electron chi connectivity index (χ0n) is 93.0. The van der Waals surface area contributed by atoms with Crippen molar-refractivity contribution in [1.29, 1.82) is 0 Å². The molecule has 32 heteroatoms. The highest BCUT2D eigenvalue weighted by Gasteiger charge is 2.44. The predicted octanol–water partition coefficient (Wildman–Crippen LogP) is 22.7. The van der Waals surface area contributed by atoms with Crippen LogP contribution < -0.4 is 10.2 Å². The molecule has 3 heterocycles. The van der Waals surface area contributed by atoms with E-state index >= 15 is 0 Å². The molecule has 0 saturated carbocycles. The quantitative estimate of drug-likeness (QED) is 0.0121. The number of ether oxygens (including phenoxy) is 16. The van der Waals surface area contributed by atoms with Crippen LogP contribution in [0.5, 0.6) is 0 Å². The number of carbonyl (C=O) groups excluding carboxylic acids is 14. The number of para-hydroxylation sites is 1. The molecule has 1 N–H and O–H groups in total. The summed E-state index contributed by atoms with van der Waals surface area (Å²) in [5.74, 6) is -4.71. The topological polar surface area (TPSA) is 405 Å². The molecule has 136 heavy (non-hydrogen) atoms. The molecule has 13 atom stereocenters. The number of rotatable bonds is 40. The number of carbonyl (C=O) groups is 14. The second-order valence-corrected chi connectivity index (χ2v) is 37.4. The van der Waals surface area contributed by atoms with Crippen LogP contribution in [0.3, 0.4) is 0 Å². The first-order valence-corrected chi connectivity index (χ1v) is 48.7. The molecule has 0 aromatic heterocycles. The van der Waals surface area contributed by atoms with Crippen LogP contribution in [0.1, 0.15) is 367 Å². The van der Waals surface area contributed by atoms with E-state index in [2.05, 4.69) is 40.3 Å². The van der Waals surface area contributed by atoms with E-state index in [9.17, 15) is 67.1 Å². The molecule has 3 fully saturated rings. The van der Waals surface area contributed by atoms with Gasteiger partial charge in [-0.3, -0.25) is 72.0 Å². The molecule has 816 valence electrons. The smallest absolute Gasteiger partial charge is 0.317 e. The SMILES string of the molecule is CC1C(=O)N(c2ccccc2)C(=O)C1C.CC1C(=O)OC(=O)C1C.CCC(C)(C)C(=O)NC.CCC(C)(C)C(=O)OC.CCC(C)(C)C(=O)OCC1CO1.CCC(C)OC.CCCCOC(C)OC(=O)C(C)C(C)C(=O)OC.CCOC(=O)C(C)(C)CC.CCOC(=O)C(C)CC.CCOC(C)OC(=O)C(C)(C)CC.CCOC(C)OC(=O)C(C)(C)CC.CCOC(C)OC(=O)C(C)(C)CC.[HH].[HH].[HH].[HH].[HH].[HH].[HH].[HH].[HH]. The van der Waals surface area contributed by atoms with Crippen molar-refractivity contribution in [1.82, 2.24) is 5.32 Å². The number of unbranched alkanes of at least 4 members (excludes halogenated alkanes) is 1. The van der Waals surface area contributed by atoms with E-state index in [0.717, 1.165) is 77.2 Å². The second kappa shape index (κ2) is 76.8. The average molecular weight is 1970 g/mol. The minimum absolute atomic E-state index is 0. The largest absolute Gasteiger partial charge is 0.469 e. The summed E-state index contributed by atoms with van der Waals surface area (Å²) >= 11 is 0. The number of amides is 3. The van der Waals surface area contributed by atoms with Gasteiger partial charge in [0, 0.05) is 64.1 Å². The van der Waals surface area contributed by atoms with Gasteiger partial charge in [-0.15, -0.1) is 0 Å². The molecule has 0 spiro atoms. The van der Waals surface area contributed by atoms with Crippen molar-refractivity contribution < 1.29 is 156 Å². The van der Waals surface area contributed by atoms with Crippen LogP contribution >= 0.6 is 0 Å². The van der Waals surface area contributed by atoms with Gasteiger partial charge in [0.25, 0.3) is 0 Å². The summed E-state index contributed by atoms with van der Waals surface area (Å²) in [7, 11) is 6.11. The Hall–Kier alpha value is -8.04. The van der Waals surface area contributed by atoms with E-state index in [4.69, 9.17) is 61.6 Å². The number of epoxide rings is 1. The lowest BCUT2D eigenvalue weighted by molar-refractivity contribution is -0.185. The Labute approximate surface area is 834 Å². The first kappa shape index (κ1) is 143. The van der Waals surface area contributed by atoms with Crippen molar-refractivity contribution in [2.24, 2.45) is 79.3 Å². The predicted molar refractivity (Wildman–Crippen MR) is 549 cm³/mol. The molecule has 3 aliphatic rings. The van der Waals surface area contributed by atoms with Crippen LogP contribution in [0.25, 0.3) is 0 Å². The number of nitrogens with zero attached hydrogens (tertiary/aromatic N) is 1. The molecule has 3 aliphatic heterocycles. The number of hydrogen-bond acceptors (Lipinski definition) is 30. The van der Waals surface area contributed by atoms with Crippen LogP contribution in [0.15, 0.2) is 30.3 Å². The molecule has 4 rings (SSSR count). The first-order valence-electron chi connectivity index (χ1n) is 48.7. The van der Waals surface area contributed by atoms with Crippen molar-refractivity contribution in [2.75, 3.05) is 86.1 Å². The van der Waals surface area contributed by atoms with Crippen LogP contribution in [0.2, 0.25) is 0 Å². The lowest BCUT2D eigenvalue weighted by atomic mass is 9.89. The van der Waals surface area contributed by atoms with Gasteiger partial charge in [-0.1, -0.05) is 156 Å². The number of nitrogens with one attached hydrogen (secondary N) is 1. The summed E-state index contributed by atoms with van der Waals surface area (Å²) in [6.07, 6.45) is 8.25. The van der Waals surface area contributed by atoms with Crippen LogP contribution in [0.4, 0.5) is 5.69 Å². The Morgan fingerprint density at radius 3 is 0.985 bits per heavy atom. The highest BCUT2D eigenvalue weighted by Crippen LogP contribution is 2.32. The maximum absolute atomic E-state index is 11.8. The number of cyclic esters (lactones) is 2. The molecular formula is C104H210N2O30. The Bertz CT molecular complexity index is 3360. The fourth-order valence-electron chi connectivity index (χ4n) is 8.61. The molecule has 1 aromatic carbocycles. The summed E-state index contributed by atoms with van der Waals surface area (Å²) in [6.45, 7) is 81.0. The zero-order chi connectivity index (χ0) is 108. The molecule has 0 bridgehead atoms. The molecular weight excluding hydrogens is 1760 g/mol. The summed E-state index contributed by atoms with van der Waals surface area (Å²) < 4.78 is 79.0. The van der Waals surface area contributed by atoms with E-state index in [1.165, 1.54) is 19.1 Å². The Morgan fingerprint density at radius 2 is 0.735 bits per heavy atom. The van der Waals surface area contributed by atoms with Gasteiger partial charge in [-0.2, -0.15) is 0 Å². The Morgan fingerprint density at radius 1 is 0.404 bits per heavy atom. The molecule has 0 aliphatic carbocycles. The fraction of sp³-hybridized carbons (Fsp3) is 0.808. The van der Waals surface area contributed by atoms with Crippen LogP contribution in [0, 0.1) is 79.3 Å². The third kappa shape index (κ3) is 64.3. The van der Waals surface area contributed by atoms with Gasteiger partial charge in [-0.25, -0.2) is 0 Å². The fourth-order valence-corrected chi connectivity index (χ4v) is 8.61. The van der Waals surface area contributed by atoms with E-state index in [-0.39, 0.29) is 130 Å². The molecule has 1 aromatic rings. The number of hydrogen-bond donors (Lipinski definition) is 1. The number of benzene rings is 1. The van der Waals surface area contributed by atoms with Gasteiger partial charge in [0.1, 0.15) is 12.7 Å². The molecule has 32 nitrogen and oxygen atoms in total. The van der Waals surface area contributed by atoms with Gasteiger partial charge in [-0.05, 0) is 229 Å². The van der Waals surface area contributed by atoms with E-state index in [1.54, 1.807) is 95.5 Å². The molecule has 0 radical (unpaired) electrons. The highest BCUT2D eigenvalue weighted by molar-refractivity contribution is 6.21. The zero-order valence-corrected chi connectivity index (χ0v) is 93.0. The van der Waals surface area contributed by atoms with Gasteiger partial charge in [0.15, 0.2) is 25.2 Å². The summed E-state index contributed by atoms with van der Waals surface area (Å²) in [6, 6.07) is 9.07. The van der Waals surface area contributed by atoms with Gasteiger partial charge >= 0.3 is 65.7 Å². The molecule has 3 amide bonds. The Kier molecular flexibility index (Phi) is 80.9. The maximum Gasteiger partial charge on any atom is 0.317 e. The minimum atomic E-state index is -0.587. The van der Waals surface area contributed by atoms with Crippen molar-refractivity contribution in [3.8, 4) is 0 Å². The maximum atomic E-state index is 11.8. The third-order valence-electron chi connectivity index (χ3n) is 23.4. The molecule has 3 saturated heterocycles. The lowest BCUT2D eigenvalue weighted by Crippen LogP contribution is -2.33. The summed E-state index contributed by atoms with van der Waals surface area (Å²) in [4.78, 5) is 158. The minimum Gasteiger partial charge on any atom is -0.469 e. The van der Waals surface area contributed by atoms with Gasteiger partial charge in [0.05, 0.1) is 115 Å². The monoisotopic (exact) mass is 1970 g/mol. The second-order valence-electron chi connectivity index (χ2n) is 37.4. The van der Waals surface area contributed by atoms with Crippen molar-refractivity contribution in [2.45, 2.75) is 392 Å². The Balaban J connectivity index is -0.0000000824. The van der Waals surface area contributed by atoms with Crippen LogP contribution in [-0.4, -0.2) is 202 Å². The number of methoxy groups -OCH3 is 3. The van der Waals surface area contributed by atoms with E-state index in [0.29, 0.717) is 58.0 Å². The van der Waals surface area contributed by atoms with E-state index < -0.39 is 77.1 Å². The van der Waals surface area contributed by atoms with Crippen LogP contribution in [-0.2, 0) is 143 Å². The average Bonchev–Trinajstić information content (AvgIpc) is 1.64. The van der Waals surface area contributed by atoms with E-state index in [1.807, 2.05) is 212 Å². The molecule has 13 unspecified atom stereocenters. The first-order chi connectivity index (χ1) is 62.7. The number of imide groups is 1. The normalized spacial score (nSPS) is 17.0. The number of anilines is 1.